The summed E-state index contributed by atoms with van der Waals surface area (Å²) in [6.07, 6.45) is -0.112. The molecule has 16 heavy (non-hydrogen) atoms. The van der Waals surface area contributed by atoms with E-state index >= 15 is 0 Å². The van der Waals surface area contributed by atoms with E-state index < -0.39 is 5.97 Å². The Hall–Kier alpha value is -2.04. The van der Waals surface area contributed by atoms with Crippen LogP contribution in [0.2, 0.25) is 0 Å². The maximum Gasteiger partial charge on any atom is 0.309 e. The summed E-state index contributed by atoms with van der Waals surface area (Å²) in [7, 11) is 0. The zero-order valence-electron chi connectivity index (χ0n) is 9.07. The summed E-state index contributed by atoms with van der Waals surface area (Å²) in [5.41, 5.74) is 2.06. The first-order valence-corrected chi connectivity index (χ1v) is 4.90. The van der Waals surface area contributed by atoms with Crippen molar-refractivity contribution in [3.63, 3.8) is 0 Å². The van der Waals surface area contributed by atoms with Gasteiger partial charge in [0, 0.05) is 5.69 Å². The van der Waals surface area contributed by atoms with Crippen LogP contribution in [0.1, 0.15) is 17.1 Å². The van der Waals surface area contributed by atoms with Crippen molar-refractivity contribution in [1.82, 2.24) is 10.2 Å². The van der Waals surface area contributed by atoms with E-state index in [0.29, 0.717) is 11.5 Å². The lowest BCUT2D eigenvalue weighted by atomic mass is 10.1. The molecule has 2 aromatic rings. The van der Waals surface area contributed by atoms with Gasteiger partial charge in [-0.3, -0.25) is 9.89 Å². The molecular formula is C11H12N2O3. The van der Waals surface area contributed by atoms with Crippen molar-refractivity contribution in [2.24, 2.45) is 0 Å². The Morgan fingerprint density at radius 2 is 2.25 bits per heavy atom. The van der Waals surface area contributed by atoms with E-state index in [9.17, 15) is 4.79 Å². The summed E-state index contributed by atoms with van der Waals surface area (Å²) in [5.74, 6) is 0.535. The second kappa shape index (κ2) is 3.84. The molecule has 0 aliphatic carbocycles. The lowest BCUT2D eigenvalue weighted by Crippen LogP contribution is -2.01. The van der Waals surface area contributed by atoms with Crippen molar-refractivity contribution in [3.05, 3.63) is 29.3 Å². The van der Waals surface area contributed by atoms with Crippen LogP contribution in [0.5, 0.6) is 0 Å². The van der Waals surface area contributed by atoms with E-state index in [0.717, 1.165) is 17.0 Å². The van der Waals surface area contributed by atoms with Gasteiger partial charge in [-0.1, -0.05) is 0 Å². The highest BCUT2D eigenvalue weighted by atomic mass is 16.4. The van der Waals surface area contributed by atoms with Crippen LogP contribution in [0.25, 0.3) is 11.3 Å². The number of hydrogen-bond acceptors (Lipinski definition) is 3. The molecule has 2 aromatic heterocycles. The second-order valence-electron chi connectivity index (χ2n) is 3.65. The van der Waals surface area contributed by atoms with Gasteiger partial charge in [0.25, 0.3) is 0 Å². The van der Waals surface area contributed by atoms with Crippen LogP contribution in [0, 0.1) is 13.8 Å². The number of carboxylic acids is 1. The van der Waals surface area contributed by atoms with Gasteiger partial charge in [0.05, 0.1) is 17.7 Å². The van der Waals surface area contributed by atoms with Crippen LogP contribution in [-0.2, 0) is 11.2 Å². The molecule has 0 spiro atoms. The third kappa shape index (κ3) is 1.84. The maximum atomic E-state index is 10.7. The Bertz CT molecular complexity index is 525. The van der Waals surface area contributed by atoms with Crippen molar-refractivity contribution in [2.75, 3.05) is 0 Å². The predicted octanol–water partition coefficient (Wildman–Crippen LogP) is 1.91. The Balaban J connectivity index is 2.46. The van der Waals surface area contributed by atoms with Crippen LogP contribution < -0.4 is 0 Å². The molecule has 0 amide bonds. The number of nitrogens with zero attached hydrogens (tertiary/aromatic N) is 1. The third-order valence-electron chi connectivity index (χ3n) is 2.33. The molecule has 2 heterocycles. The number of aryl methyl sites for hydroxylation is 2. The average molecular weight is 220 g/mol. The van der Waals surface area contributed by atoms with Crippen molar-refractivity contribution >= 4 is 5.97 Å². The number of rotatable bonds is 3. The van der Waals surface area contributed by atoms with E-state index in [-0.39, 0.29) is 6.42 Å². The summed E-state index contributed by atoms with van der Waals surface area (Å²) < 4.78 is 5.48. The van der Waals surface area contributed by atoms with Gasteiger partial charge < -0.3 is 9.52 Å². The topological polar surface area (TPSA) is 79.1 Å². The fraction of sp³-hybridized carbons (Fsp3) is 0.273. The smallest absolute Gasteiger partial charge is 0.309 e. The highest BCUT2D eigenvalue weighted by Crippen LogP contribution is 2.27. The van der Waals surface area contributed by atoms with Crippen molar-refractivity contribution in [2.45, 2.75) is 20.3 Å². The van der Waals surface area contributed by atoms with Gasteiger partial charge in [-0.2, -0.15) is 5.10 Å². The average Bonchev–Trinajstić information content (AvgIpc) is 2.73. The minimum absolute atomic E-state index is 0.112. The van der Waals surface area contributed by atoms with Crippen LogP contribution in [-0.4, -0.2) is 21.3 Å². The molecule has 0 aliphatic heterocycles. The number of carboxylic acid groups (broad SMARTS) is 1. The Labute approximate surface area is 92.1 Å². The zero-order chi connectivity index (χ0) is 11.7. The molecule has 5 nitrogen and oxygen atoms in total. The monoisotopic (exact) mass is 220 g/mol. The lowest BCUT2D eigenvalue weighted by Gasteiger charge is -1.98. The Morgan fingerprint density at radius 1 is 1.50 bits per heavy atom. The lowest BCUT2D eigenvalue weighted by molar-refractivity contribution is -0.136. The molecule has 84 valence electrons. The fourth-order valence-corrected chi connectivity index (χ4v) is 1.65. The number of aromatic nitrogens is 2. The summed E-state index contributed by atoms with van der Waals surface area (Å²) in [4.78, 5) is 10.7. The number of furan rings is 1. The zero-order valence-corrected chi connectivity index (χ0v) is 9.07. The van der Waals surface area contributed by atoms with Gasteiger partial charge in [-0.05, 0) is 26.0 Å². The van der Waals surface area contributed by atoms with Crippen LogP contribution in [0.15, 0.2) is 16.5 Å². The highest BCUT2D eigenvalue weighted by Gasteiger charge is 2.17. The maximum absolute atomic E-state index is 10.7. The van der Waals surface area contributed by atoms with E-state index in [1.165, 1.54) is 0 Å². The molecule has 0 saturated heterocycles. The molecule has 0 saturated carbocycles. The van der Waals surface area contributed by atoms with Crippen molar-refractivity contribution in [1.29, 1.82) is 0 Å². The van der Waals surface area contributed by atoms with Crippen LogP contribution in [0.3, 0.4) is 0 Å². The standard InChI is InChI=1S/C11H12N2O3/c1-6-3-4-9(16-6)11-7(2)12-13-8(11)5-10(14)15/h3-4H,5H2,1-2H3,(H,12,13)(H,14,15). The van der Waals surface area contributed by atoms with Crippen molar-refractivity contribution < 1.29 is 14.3 Å². The van der Waals surface area contributed by atoms with Gasteiger partial charge in [0.15, 0.2) is 0 Å². The predicted molar refractivity (Wildman–Crippen MR) is 57.1 cm³/mol. The number of H-pyrrole nitrogens is 1. The molecular weight excluding hydrogens is 208 g/mol. The molecule has 0 aliphatic rings. The molecule has 2 rings (SSSR count). The summed E-state index contributed by atoms with van der Waals surface area (Å²) in [6, 6.07) is 3.66. The Morgan fingerprint density at radius 3 is 2.81 bits per heavy atom. The molecule has 0 aromatic carbocycles. The molecule has 5 heteroatoms. The SMILES string of the molecule is Cc1ccc(-c2c(CC(=O)O)n[nH]c2C)o1. The molecule has 0 radical (unpaired) electrons. The number of aromatic amines is 1. The minimum atomic E-state index is -0.906. The van der Waals surface area contributed by atoms with Crippen LogP contribution >= 0.6 is 0 Å². The minimum Gasteiger partial charge on any atom is -0.481 e. The second-order valence-corrected chi connectivity index (χ2v) is 3.65. The molecule has 0 atom stereocenters. The van der Waals surface area contributed by atoms with E-state index in [2.05, 4.69) is 10.2 Å². The highest BCUT2D eigenvalue weighted by molar-refractivity contribution is 5.74. The van der Waals surface area contributed by atoms with E-state index in [1.54, 1.807) is 0 Å². The first-order chi connectivity index (χ1) is 7.58. The van der Waals surface area contributed by atoms with Gasteiger partial charge in [0.2, 0.25) is 0 Å². The molecule has 0 unspecified atom stereocenters. The van der Waals surface area contributed by atoms with Crippen LogP contribution in [0.4, 0.5) is 0 Å². The summed E-state index contributed by atoms with van der Waals surface area (Å²) in [6.45, 7) is 3.68. The summed E-state index contributed by atoms with van der Waals surface area (Å²) >= 11 is 0. The molecule has 0 bridgehead atoms. The summed E-state index contributed by atoms with van der Waals surface area (Å²) in [5, 5.41) is 15.5. The number of aliphatic carboxylic acids is 1. The first kappa shape index (κ1) is 10.5. The Kier molecular flexibility index (Phi) is 2.52. The first-order valence-electron chi connectivity index (χ1n) is 4.90. The number of carbonyl (C=O) groups is 1. The molecule has 2 N–H and O–H groups in total. The fourth-order valence-electron chi connectivity index (χ4n) is 1.65. The van der Waals surface area contributed by atoms with Gasteiger partial charge in [0.1, 0.15) is 11.5 Å². The van der Waals surface area contributed by atoms with E-state index in [1.807, 2.05) is 26.0 Å². The third-order valence-corrected chi connectivity index (χ3v) is 2.33. The van der Waals surface area contributed by atoms with Gasteiger partial charge >= 0.3 is 5.97 Å². The normalized spacial score (nSPS) is 10.6. The number of nitrogens with one attached hydrogen (secondary N) is 1. The van der Waals surface area contributed by atoms with Gasteiger partial charge in [-0.15, -0.1) is 0 Å². The number of hydrogen-bond donors (Lipinski definition) is 2. The van der Waals surface area contributed by atoms with Crippen molar-refractivity contribution in [3.8, 4) is 11.3 Å². The quantitative estimate of drug-likeness (QED) is 0.828. The molecule has 0 fully saturated rings. The van der Waals surface area contributed by atoms with E-state index in [4.69, 9.17) is 9.52 Å². The largest absolute Gasteiger partial charge is 0.481 e. The van der Waals surface area contributed by atoms with Gasteiger partial charge in [-0.25, -0.2) is 0 Å².